The number of carbonyl (C=O) groups excluding carboxylic acids is 2. The highest BCUT2D eigenvalue weighted by Gasteiger charge is 2.19. The lowest BCUT2D eigenvalue weighted by Crippen LogP contribution is -2.39. The largest absolute Gasteiger partial charge is 0.377 e. The molecular weight excluding hydrogens is 474 g/mol. The van der Waals surface area contributed by atoms with Crippen LogP contribution >= 0.6 is 0 Å². The van der Waals surface area contributed by atoms with Gasteiger partial charge in [-0.05, 0) is 18.1 Å². The monoisotopic (exact) mass is 518 g/mol. The summed E-state index contributed by atoms with van der Waals surface area (Å²) >= 11 is 0. The molecule has 0 spiro atoms. The molecule has 0 aliphatic heterocycles. The van der Waals surface area contributed by atoms with E-state index in [0.29, 0.717) is 64.3 Å². The maximum absolute atomic E-state index is 12.4. The number of nitrogens with zero attached hydrogens (tertiary/aromatic N) is 1. The normalized spacial score (nSPS) is 12.3. The van der Waals surface area contributed by atoms with Crippen LogP contribution in [0, 0.1) is 5.92 Å². The van der Waals surface area contributed by atoms with E-state index in [0.717, 1.165) is 5.56 Å². The minimum atomic E-state index is -0.122. The first-order valence-corrected chi connectivity index (χ1v) is 13.1. The van der Waals surface area contributed by atoms with Crippen molar-refractivity contribution in [3.05, 3.63) is 53.3 Å². The number of hydrogen-bond acceptors (Lipinski definition) is 6. The smallest absolute Gasteiger partial charge is 0.251 e. The number of Topliss-reactive ketones (excluding diaryl/α,β-unsaturated/α-hetero) is 1. The van der Waals surface area contributed by atoms with Crippen LogP contribution in [0.1, 0.15) is 68.1 Å². The Morgan fingerprint density at radius 3 is 1.92 bits per heavy atom. The van der Waals surface area contributed by atoms with Crippen LogP contribution in [-0.4, -0.2) is 76.2 Å². The van der Waals surface area contributed by atoms with Gasteiger partial charge in [0.15, 0.2) is 12.0 Å². The third-order valence-corrected chi connectivity index (χ3v) is 5.94. The summed E-state index contributed by atoms with van der Waals surface area (Å²) in [7, 11) is 0. The van der Waals surface area contributed by atoms with Gasteiger partial charge in [-0.2, -0.15) is 5.10 Å². The fourth-order valence-electron chi connectivity index (χ4n) is 3.34. The number of carbonyl (C=O) groups is 2. The number of aromatic amines is 1. The van der Waals surface area contributed by atoms with Crippen molar-refractivity contribution in [3.8, 4) is 0 Å². The van der Waals surface area contributed by atoms with Crippen molar-refractivity contribution in [2.45, 2.75) is 46.6 Å². The molecule has 9 heteroatoms. The number of ether oxygens (including phenoxy) is 4. The lowest BCUT2D eigenvalue weighted by Gasteiger charge is -2.09. The second-order valence-corrected chi connectivity index (χ2v) is 9.53. The van der Waals surface area contributed by atoms with Gasteiger partial charge in [-0.1, -0.05) is 39.8 Å². The van der Waals surface area contributed by atoms with E-state index < -0.39 is 0 Å². The first-order chi connectivity index (χ1) is 17.8. The van der Waals surface area contributed by atoms with Crippen LogP contribution < -0.4 is 10.00 Å². The summed E-state index contributed by atoms with van der Waals surface area (Å²) in [6.07, 6.45) is 4.16. The lowest BCUT2D eigenvalue weighted by molar-refractivity contribution is -0.762. The van der Waals surface area contributed by atoms with Crippen molar-refractivity contribution >= 4 is 11.7 Å². The van der Waals surface area contributed by atoms with Gasteiger partial charge in [0.2, 0.25) is 6.04 Å². The van der Waals surface area contributed by atoms with Crippen molar-refractivity contribution < 1.29 is 33.2 Å². The van der Waals surface area contributed by atoms with Crippen LogP contribution in [0.2, 0.25) is 0 Å². The summed E-state index contributed by atoms with van der Waals surface area (Å²) in [6.45, 7) is 13.8. The second kappa shape index (κ2) is 17.0. The molecule has 0 bridgehead atoms. The summed E-state index contributed by atoms with van der Waals surface area (Å²) in [4.78, 5) is 23.8. The number of benzene rings is 1. The van der Waals surface area contributed by atoms with Crippen LogP contribution in [0.5, 0.6) is 0 Å². The van der Waals surface area contributed by atoms with Crippen molar-refractivity contribution in [1.29, 1.82) is 0 Å². The predicted octanol–water partition coefficient (Wildman–Crippen LogP) is 3.06. The van der Waals surface area contributed by atoms with Crippen molar-refractivity contribution in [2.24, 2.45) is 5.92 Å². The average Bonchev–Trinajstić information content (AvgIpc) is 3.39. The van der Waals surface area contributed by atoms with E-state index in [-0.39, 0.29) is 30.3 Å². The number of nitrogens with one attached hydrogen (secondary N) is 2. The van der Waals surface area contributed by atoms with Gasteiger partial charge in [0.05, 0.1) is 52.4 Å². The van der Waals surface area contributed by atoms with Gasteiger partial charge >= 0.3 is 0 Å². The third-order valence-electron chi connectivity index (χ3n) is 5.94. The number of hydrogen-bond donors (Lipinski definition) is 2. The minimum Gasteiger partial charge on any atom is -0.377 e. The molecule has 1 aromatic carbocycles. The molecule has 0 saturated carbocycles. The van der Waals surface area contributed by atoms with Crippen molar-refractivity contribution in [2.75, 3.05) is 59.4 Å². The minimum absolute atomic E-state index is 0.00683. The molecule has 2 aromatic rings. The summed E-state index contributed by atoms with van der Waals surface area (Å²) in [6, 6.07) is 7.82. The molecular formula is C28H44N3O6+. The van der Waals surface area contributed by atoms with E-state index >= 15 is 0 Å². The highest BCUT2D eigenvalue weighted by Crippen LogP contribution is 2.15. The molecule has 0 saturated heterocycles. The van der Waals surface area contributed by atoms with E-state index in [1.54, 1.807) is 0 Å². The van der Waals surface area contributed by atoms with Crippen LogP contribution in [0.15, 0.2) is 36.7 Å². The number of ketones is 1. The molecule has 1 heterocycles. The van der Waals surface area contributed by atoms with E-state index in [1.165, 1.54) is 5.56 Å². The number of rotatable bonds is 19. The molecule has 1 atom stereocenters. The van der Waals surface area contributed by atoms with E-state index in [1.807, 2.05) is 44.3 Å². The summed E-state index contributed by atoms with van der Waals surface area (Å²) < 4.78 is 23.7. The zero-order valence-corrected chi connectivity index (χ0v) is 23.0. The topological polar surface area (TPSA) is 103 Å². The van der Waals surface area contributed by atoms with E-state index in [9.17, 15) is 9.59 Å². The summed E-state index contributed by atoms with van der Waals surface area (Å²) in [5.41, 5.74) is 3.01. The highest BCUT2D eigenvalue weighted by molar-refractivity contribution is 5.94. The Bertz CT molecular complexity index is 926. The van der Waals surface area contributed by atoms with Crippen LogP contribution in [0.4, 0.5) is 0 Å². The molecule has 1 amide bonds. The first-order valence-electron chi connectivity index (χ1n) is 13.1. The predicted molar refractivity (Wildman–Crippen MR) is 141 cm³/mol. The maximum Gasteiger partial charge on any atom is 0.251 e. The molecule has 37 heavy (non-hydrogen) atoms. The molecule has 0 aliphatic rings. The fraction of sp³-hybridized carbons (Fsp3) is 0.607. The molecule has 206 valence electrons. The third kappa shape index (κ3) is 11.6. The quantitative estimate of drug-likeness (QED) is 0.219. The van der Waals surface area contributed by atoms with Gasteiger partial charge in [-0.15, -0.1) is 4.68 Å². The summed E-state index contributed by atoms with van der Waals surface area (Å²) in [5.74, 6) is 0.433. The van der Waals surface area contributed by atoms with Gasteiger partial charge in [-0.3, -0.25) is 9.59 Å². The second-order valence-electron chi connectivity index (χ2n) is 9.53. The van der Waals surface area contributed by atoms with Crippen LogP contribution in [0.3, 0.4) is 0 Å². The van der Waals surface area contributed by atoms with Crippen molar-refractivity contribution in [1.82, 2.24) is 10.4 Å². The highest BCUT2D eigenvalue weighted by atomic mass is 16.6. The first kappa shape index (κ1) is 30.6. The van der Waals surface area contributed by atoms with Crippen LogP contribution in [-0.2, 0) is 23.7 Å². The zero-order valence-electron chi connectivity index (χ0n) is 23.0. The molecule has 0 fully saturated rings. The molecule has 9 nitrogen and oxygen atoms in total. The molecule has 1 unspecified atom stereocenters. The molecule has 0 radical (unpaired) electrons. The summed E-state index contributed by atoms with van der Waals surface area (Å²) in [5, 5.41) is 6.17. The Morgan fingerprint density at radius 1 is 0.811 bits per heavy atom. The molecule has 0 aliphatic carbocycles. The Morgan fingerprint density at radius 2 is 1.38 bits per heavy atom. The van der Waals surface area contributed by atoms with Gasteiger partial charge in [0.25, 0.3) is 5.91 Å². The SMILES string of the molecule is CC(C)C(=O)COCCOCCOCCOCCNC(=O)c1ccc(C(C)[n+]2cc(C(C)C)c[nH]2)cc1. The van der Waals surface area contributed by atoms with Crippen molar-refractivity contribution in [3.63, 3.8) is 0 Å². The average molecular weight is 519 g/mol. The van der Waals surface area contributed by atoms with E-state index in [4.69, 9.17) is 18.9 Å². The molecule has 1 aromatic heterocycles. The Labute approximate surface area is 220 Å². The van der Waals surface area contributed by atoms with Gasteiger partial charge in [0.1, 0.15) is 6.61 Å². The Balaban J connectivity index is 1.49. The van der Waals surface area contributed by atoms with Gasteiger partial charge in [0, 0.05) is 36.1 Å². The number of amides is 1. The molecule has 2 rings (SSSR count). The number of aromatic nitrogens is 2. The Kier molecular flexibility index (Phi) is 14.1. The Hall–Kier alpha value is -2.59. The lowest BCUT2D eigenvalue weighted by atomic mass is 10.1. The standard InChI is InChI=1S/C28H43N3O6/c1-21(2)26-18-30-31(19-26)23(5)24-6-8-25(9-7-24)28(33)29-10-11-34-12-13-35-14-15-36-16-17-37-20-27(32)22(3)4/h6-9,18-19,21-23H,10-17,20H2,1-5H3,(H,29,33)/p+1. The maximum atomic E-state index is 12.4. The van der Waals surface area contributed by atoms with E-state index in [2.05, 4.69) is 42.1 Å². The zero-order chi connectivity index (χ0) is 27.0. The number of H-pyrrole nitrogens is 1. The van der Waals surface area contributed by atoms with Crippen LogP contribution in [0.25, 0.3) is 0 Å². The fourth-order valence-corrected chi connectivity index (χ4v) is 3.34. The van der Waals surface area contributed by atoms with Gasteiger partial charge in [-0.25, -0.2) is 0 Å². The van der Waals surface area contributed by atoms with Gasteiger partial charge < -0.3 is 24.3 Å². The molecule has 2 N–H and O–H groups in total.